The van der Waals surface area contributed by atoms with Gasteiger partial charge in [-0.1, -0.05) is 35.1 Å². The average molecular weight is 518 g/mol. The minimum Gasteiger partial charge on any atom is -0.508 e. The van der Waals surface area contributed by atoms with Crippen molar-refractivity contribution in [1.82, 2.24) is 25.4 Å². The first kappa shape index (κ1) is 25.8. The summed E-state index contributed by atoms with van der Waals surface area (Å²) in [5.41, 5.74) is 3.07. The van der Waals surface area contributed by atoms with E-state index >= 15 is 0 Å². The predicted molar refractivity (Wildman–Crippen MR) is 140 cm³/mol. The second kappa shape index (κ2) is 12.6. The molecule has 0 atom stereocenters. The van der Waals surface area contributed by atoms with Crippen molar-refractivity contribution in [3.05, 3.63) is 82.3 Å². The lowest BCUT2D eigenvalue weighted by atomic mass is 10.1. The molecule has 0 saturated carbocycles. The lowest BCUT2D eigenvalue weighted by Gasteiger charge is -2.07. The number of anilines is 2. The van der Waals surface area contributed by atoms with Gasteiger partial charge in [0.1, 0.15) is 10.8 Å². The normalized spacial score (nSPS) is 10.7. The van der Waals surface area contributed by atoms with Crippen LogP contribution in [0.5, 0.6) is 5.75 Å². The molecule has 3 N–H and O–H groups in total. The first-order valence-corrected chi connectivity index (χ1v) is 12.7. The number of benzene rings is 1. The van der Waals surface area contributed by atoms with Crippen LogP contribution in [0.3, 0.4) is 0 Å². The van der Waals surface area contributed by atoms with E-state index in [2.05, 4.69) is 36.0 Å². The van der Waals surface area contributed by atoms with Crippen molar-refractivity contribution < 1.29 is 14.7 Å². The Hall–Kier alpha value is -4.25. The molecular weight excluding hydrogens is 490 g/mol. The van der Waals surface area contributed by atoms with Crippen LogP contribution in [0.2, 0.25) is 0 Å². The van der Waals surface area contributed by atoms with Crippen LogP contribution in [0.25, 0.3) is 0 Å². The van der Waals surface area contributed by atoms with E-state index in [-0.39, 0.29) is 30.4 Å². The predicted octanol–water partition coefficient (Wildman–Crippen LogP) is 3.66. The largest absolute Gasteiger partial charge is 0.508 e. The summed E-state index contributed by atoms with van der Waals surface area (Å²) in [4.78, 5) is 28.6. The first-order valence-electron chi connectivity index (χ1n) is 11.9. The molecule has 10 nitrogen and oxygen atoms in total. The lowest BCUT2D eigenvalue weighted by Crippen LogP contribution is -2.16. The van der Waals surface area contributed by atoms with E-state index in [4.69, 9.17) is 0 Å². The van der Waals surface area contributed by atoms with Gasteiger partial charge in [-0.15, -0.1) is 15.3 Å². The van der Waals surface area contributed by atoms with Gasteiger partial charge in [0, 0.05) is 23.9 Å². The van der Waals surface area contributed by atoms with Crippen LogP contribution < -0.4 is 10.6 Å². The maximum atomic E-state index is 12.3. The summed E-state index contributed by atoms with van der Waals surface area (Å²) in [6, 6.07) is 14.2. The fourth-order valence-corrected chi connectivity index (χ4v) is 4.39. The smallest absolute Gasteiger partial charge is 0.232 e. The molecule has 37 heavy (non-hydrogen) atoms. The second-order valence-electron chi connectivity index (χ2n) is 8.52. The Balaban J connectivity index is 1.16. The van der Waals surface area contributed by atoms with Crippen LogP contribution in [0.4, 0.5) is 10.9 Å². The van der Waals surface area contributed by atoms with E-state index in [1.165, 1.54) is 11.3 Å². The molecule has 11 heteroatoms. The fourth-order valence-electron chi connectivity index (χ4n) is 3.59. The number of hydrogen-bond donors (Lipinski definition) is 3. The number of aryl methyl sites for hydroxylation is 3. The Kier molecular flexibility index (Phi) is 8.82. The van der Waals surface area contributed by atoms with Gasteiger partial charge in [-0.05, 0) is 56.5 Å². The van der Waals surface area contributed by atoms with Gasteiger partial charge in [-0.2, -0.15) is 5.10 Å². The molecule has 2 amide bonds. The van der Waals surface area contributed by atoms with Gasteiger partial charge < -0.3 is 15.7 Å². The number of phenolic OH excluding ortho intramolecular Hbond substituents is 1. The van der Waals surface area contributed by atoms with Gasteiger partial charge in [-0.3, -0.25) is 14.6 Å². The maximum absolute atomic E-state index is 12.3. The van der Waals surface area contributed by atoms with Crippen molar-refractivity contribution >= 4 is 34.1 Å². The molecule has 0 aliphatic carbocycles. The third kappa shape index (κ3) is 8.14. The highest BCUT2D eigenvalue weighted by Crippen LogP contribution is 2.20. The Morgan fingerprint density at radius 3 is 2.49 bits per heavy atom. The number of carbonyl (C=O) groups is 2. The molecule has 0 aliphatic rings. The zero-order chi connectivity index (χ0) is 26.0. The number of unbranched alkanes of at least 4 members (excludes halogenated alkanes) is 1. The van der Waals surface area contributed by atoms with Gasteiger partial charge >= 0.3 is 0 Å². The number of pyridine rings is 1. The number of hydrogen-bond acceptors (Lipinski definition) is 9. The Morgan fingerprint density at radius 1 is 0.865 bits per heavy atom. The molecule has 0 bridgehead atoms. The van der Waals surface area contributed by atoms with Gasteiger partial charge in [0.05, 0.1) is 18.5 Å². The summed E-state index contributed by atoms with van der Waals surface area (Å²) in [6.07, 6.45) is 5.16. The molecule has 0 unspecified atom stereocenters. The van der Waals surface area contributed by atoms with Crippen LogP contribution in [-0.2, 0) is 35.3 Å². The Morgan fingerprint density at radius 2 is 1.70 bits per heavy atom. The molecule has 0 spiro atoms. The lowest BCUT2D eigenvalue weighted by molar-refractivity contribution is -0.116. The van der Waals surface area contributed by atoms with Crippen molar-refractivity contribution in [2.75, 3.05) is 10.6 Å². The molecule has 3 aromatic heterocycles. The summed E-state index contributed by atoms with van der Waals surface area (Å²) >= 11 is 1.37. The van der Waals surface area contributed by atoms with Crippen LogP contribution in [0.15, 0.2) is 54.7 Å². The quantitative estimate of drug-likeness (QED) is 0.256. The van der Waals surface area contributed by atoms with Gasteiger partial charge in [-0.25, -0.2) is 0 Å². The highest BCUT2D eigenvalue weighted by atomic mass is 32.1. The molecule has 0 radical (unpaired) electrons. The monoisotopic (exact) mass is 517 g/mol. The van der Waals surface area contributed by atoms with E-state index < -0.39 is 0 Å². The first-order chi connectivity index (χ1) is 17.9. The number of carbonyl (C=O) groups excluding carboxylic acids is 2. The molecular formula is C26H27N7O3S. The van der Waals surface area contributed by atoms with Crippen molar-refractivity contribution in [1.29, 1.82) is 0 Å². The number of rotatable bonds is 11. The summed E-state index contributed by atoms with van der Waals surface area (Å²) in [7, 11) is 0. The van der Waals surface area contributed by atoms with Crippen LogP contribution in [0, 0.1) is 6.92 Å². The van der Waals surface area contributed by atoms with Crippen LogP contribution in [-0.4, -0.2) is 42.3 Å². The van der Waals surface area contributed by atoms with Crippen molar-refractivity contribution in [2.45, 2.75) is 45.4 Å². The molecule has 1 aromatic carbocycles. The molecule has 3 heterocycles. The third-order valence-electron chi connectivity index (χ3n) is 5.43. The summed E-state index contributed by atoms with van der Waals surface area (Å²) in [6.45, 7) is 1.90. The summed E-state index contributed by atoms with van der Waals surface area (Å²) in [5.74, 6) is 0.0184. The molecule has 0 saturated heterocycles. The summed E-state index contributed by atoms with van der Waals surface area (Å²) < 4.78 is 0. The summed E-state index contributed by atoms with van der Waals surface area (Å²) in [5, 5.41) is 33.2. The number of amides is 2. The SMILES string of the molecule is Cc1ccc(O)c(CC(=O)Nc2ccc(CCCCc3nnc(NC(=O)Cc4ccccn4)s3)nn2)c1. The van der Waals surface area contributed by atoms with Gasteiger partial charge in [0.2, 0.25) is 16.9 Å². The zero-order valence-electron chi connectivity index (χ0n) is 20.3. The number of aromatic nitrogens is 5. The molecule has 0 fully saturated rings. The third-order valence-corrected chi connectivity index (χ3v) is 6.33. The maximum Gasteiger partial charge on any atom is 0.232 e. The highest BCUT2D eigenvalue weighted by Gasteiger charge is 2.11. The van der Waals surface area contributed by atoms with E-state index in [9.17, 15) is 14.7 Å². The highest BCUT2D eigenvalue weighted by molar-refractivity contribution is 7.15. The second-order valence-corrected chi connectivity index (χ2v) is 9.58. The van der Waals surface area contributed by atoms with E-state index in [0.717, 1.165) is 41.9 Å². The van der Waals surface area contributed by atoms with Crippen molar-refractivity contribution in [3.8, 4) is 5.75 Å². The Bertz CT molecular complexity index is 1340. The van der Waals surface area contributed by atoms with E-state index in [1.807, 2.05) is 25.1 Å². The molecule has 4 rings (SSSR count). The van der Waals surface area contributed by atoms with Crippen LogP contribution in [0.1, 0.15) is 40.4 Å². The van der Waals surface area contributed by atoms with Crippen molar-refractivity contribution in [2.24, 2.45) is 0 Å². The van der Waals surface area contributed by atoms with Crippen LogP contribution >= 0.6 is 11.3 Å². The Labute approximate surface area is 218 Å². The standard InChI is InChI=1S/C26H27N7O3S/c1-17-9-11-21(34)18(14-17)15-23(35)28-22-12-10-19(30-31-22)6-2-3-8-25-32-33-26(37-25)29-24(36)16-20-7-4-5-13-27-20/h4-5,7,9-14,34H,2-3,6,8,15-16H2,1H3,(H,28,31,35)(H,29,33,36). The number of nitrogens with zero attached hydrogens (tertiary/aromatic N) is 5. The molecule has 0 aliphatic heterocycles. The molecule has 4 aromatic rings. The topological polar surface area (TPSA) is 143 Å². The average Bonchev–Trinajstić information content (AvgIpc) is 3.32. The minimum absolute atomic E-state index is 0.0538. The molecule has 190 valence electrons. The van der Waals surface area contributed by atoms with Gasteiger partial charge in [0.25, 0.3) is 0 Å². The van der Waals surface area contributed by atoms with E-state index in [1.54, 1.807) is 36.5 Å². The van der Waals surface area contributed by atoms with Gasteiger partial charge in [0.15, 0.2) is 5.82 Å². The van der Waals surface area contributed by atoms with Crippen molar-refractivity contribution in [3.63, 3.8) is 0 Å². The number of aromatic hydroxyl groups is 1. The fraction of sp³-hybridized carbons (Fsp3) is 0.269. The zero-order valence-corrected chi connectivity index (χ0v) is 21.2. The number of nitrogens with one attached hydrogen (secondary N) is 2. The van der Waals surface area contributed by atoms with E-state index in [0.29, 0.717) is 22.2 Å². The number of phenols is 1. The minimum atomic E-state index is -0.271.